The molecule has 6 heteroatoms. The van der Waals surface area contributed by atoms with Gasteiger partial charge < -0.3 is 14.4 Å². The maximum absolute atomic E-state index is 12.2. The van der Waals surface area contributed by atoms with Crippen molar-refractivity contribution in [3.8, 4) is 5.88 Å². The first-order chi connectivity index (χ1) is 11.3. The lowest BCUT2D eigenvalue weighted by molar-refractivity contribution is 0.0159. The highest BCUT2D eigenvalue weighted by Gasteiger charge is 2.27. The molecule has 0 aliphatic carbocycles. The number of amides is 1. The summed E-state index contributed by atoms with van der Waals surface area (Å²) in [6.45, 7) is 9.79. The van der Waals surface area contributed by atoms with E-state index in [4.69, 9.17) is 9.47 Å². The number of aromatic nitrogens is 2. The van der Waals surface area contributed by atoms with Gasteiger partial charge in [-0.05, 0) is 59.3 Å². The van der Waals surface area contributed by atoms with Crippen molar-refractivity contribution in [1.82, 2.24) is 14.9 Å². The third-order valence-corrected chi connectivity index (χ3v) is 4.00. The van der Waals surface area contributed by atoms with Crippen molar-refractivity contribution in [2.75, 3.05) is 19.7 Å². The fourth-order valence-electron chi connectivity index (χ4n) is 2.87. The van der Waals surface area contributed by atoms with Crippen molar-refractivity contribution in [1.29, 1.82) is 0 Å². The zero-order valence-electron chi connectivity index (χ0n) is 15.2. The molecule has 0 saturated carbocycles. The van der Waals surface area contributed by atoms with Crippen LogP contribution >= 0.6 is 0 Å². The topological polar surface area (TPSA) is 64.6 Å². The summed E-state index contributed by atoms with van der Waals surface area (Å²) in [5, 5.41) is 0. The van der Waals surface area contributed by atoms with Crippen LogP contribution in [0.15, 0.2) is 12.4 Å². The molecular formula is C18H29N3O3. The van der Waals surface area contributed by atoms with E-state index in [0.717, 1.165) is 44.5 Å². The molecule has 1 aliphatic rings. The molecule has 1 atom stereocenters. The number of aryl methyl sites for hydroxylation is 1. The van der Waals surface area contributed by atoms with Crippen LogP contribution in [0.3, 0.4) is 0 Å². The van der Waals surface area contributed by atoms with E-state index in [0.29, 0.717) is 18.4 Å². The van der Waals surface area contributed by atoms with Crippen LogP contribution in [0.25, 0.3) is 0 Å². The molecule has 134 valence electrons. The number of hydrogen-bond acceptors (Lipinski definition) is 5. The third-order valence-electron chi connectivity index (χ3n) is 4.00. The van der Waals surface area contributed by atoms with Gasteiger partial charge in [0.15, 0.2) is 0 Å². The minimum Gasteiger partial charge on any atom is -0.476 e. The number of piperidine rings is 1. The lowest BCUT2D eigenvalue weighted by Crippen LogP contribution is -2.42. The monoisotopic (exact) mass is 335 g/mol. The fourth-order valence-corrected chi connectivity index (χ4v) is 2.87. The summed E-state index contributed by atoms with van der Waals surface area (Å²) in [4.78, 5) is 22.4. The molecule has 1 aromatic heterocycles. The summed E-state index contributed by atoms with van der Waals surface area (Å²) in [6.07, 6.45) is 7.29. The highest BCUT2D eigenvalue weighted by Crippen LogP contribution is 2.23. The molecule has 0 radical (unpaired) electrons. The van der Waals surface area contributed by atoms with Gasteiger partial charge in [-0.2, -0.15) is 0 Å². The maximum Gasteiger partial charge on any atom is 0.410 e. The Kier molecular flexibility index (Phi) is 6.40. The molecule has 24 heavy (non-hydrogen) atoms. The van der Waals surface area contributed by atoms with E-state index in [1.54, 1.807) is 12.4 Å². The molecule has 0 bridgehead atoms. The number of rotatable bonds is 5. The first-order valence-electron chi connectivity index (χ1n) is 8.73. The summed E-state index contributed by atoms with van der Waals surface area (Å²) in [5.41, 5.74) is 0.373. The summed E-state index contributed by atoms with van der Waals surface area (Å²) in [6, 6.07) is 0. The van der Waals surface area contributed by atoms with Gasteiger partial charge in [0, 0.05) is 25.5 Å². The second-order valence-corrected chi connectivity index (χ2v) is 7.37. The zero-order valence-corrected chi connectivity index (χ0v) is 15.2. The lowest BCUT2D eigenvalue weighted by atomic mass is 9.94. The van der Waals surface area contributed by atoms with Gasteiger partial charge in [-0.3, -0.25) is 4.98 Å². The average molecular weight is 335 g/mol. The first-order valence-corrected chi connectivity index (χ1v) is 8.73. The molecule has 1 fully saturated rings. The first kappa shape index (κ1) is 18.5. The van der Waals surface area contributed by atoms with Crippen LogP contribution in [-0.2, 0) is 4.74 Å². The number of nitrogens with zero attached hydrogens (tertiary/aromatic N) is 3. The number of ether oxygens (including phenoxy) is 2. The molecule has 2 rings (SSSR count). The van der Waals surface area contributed by atoms with Crippen molar-refractivity contribution in [3.63, 3.8) is 0 Å². The van der Waals surface area contributed by atoms with Gasteiger partial charge >= 0.3 is 6.09 Å². The predicted octanol–water partition coefficient (Wildman–Crippen LogP) is 3.59. The minimum absolute atomic E-state index is 0.196. The SMILES string of the molecule is Cc1nccnc1OCCCC1CCCN(C(=O)OC(C)(C)C)C1. The summed E-state index contributed by atoms with van der Waals surface area (Å²) in [5.74, 6) is 1.12. The second kappa shape index (κ2) is 8.31. The van der Waals surface area contributed by atoms with E-state index in [1.165, 1.54) is 0 Å². The Morgan fingerprint density at radius 3 is 2.79 bits per heavy atom. The van der Waals surface area contributed by atoms with Crippen molar-refractivity contribution < 1.29 is 14.3 Å². The van der Waals surface area contributed by atoms with Crippen LogP contribution in [0, 0.1) is 12.8 Å². The lowest BCUT2D eigenvalue weighted by Gasteiger charge is -2.34. The van der Waals surface area contributed by atoms with E-state index in [9.17, 15) is 4.79 Å². The van der Waals surface area contributed by atoms with E-state index >= 15 is 0 Å². The Bertz CT molecular complexity index is 543. The van der Waals surface area contributed by atoms with Crippen molar-refractivity contribution in [3.05, 3.63) is 18.1 Å². The Hall–Kier alpha value is -1.85. The van der Waals surface area contributed by atoms with Gasteiger partial charge in [0.1, 0.15) is 5.60 Å². The van der Waals surface area contributed by atoms with E-state index in [-0.39, 0.29) is 6.09 Å². The highest BCUT2D eigenvalue weighted by atomic mass is 16.6. The number of likely N-dealkylation sites (tertiary alicyclic amines) is 1. The van der Waals surface area contributed by atoms with Crippen molar-refractivity contribution >= 4 is 6.09 Å². The predicted molar refractivity (Wildman–Crippen MR) is 92.0 cm³/mol. The smallest absolute Gasteiger partial charge is 0.410 e. The summed E-state index contributed by atoms with van der Waals surface area (Å²) in [7, 11) is 0. The third kappa shape index (κ3) is 5.98. The Balaban J connectivity index is 1.71. The van der Waals surface area contributed by atoms with Crippen molar-refractivity contribution in [2.24, 2.45) is 5.92 Å². The molecule has 0 spiro atoms. The van der Waals surface area contributed by atoms with Gasteiger partial charge in [0.05, 0.1) is 12.3 Å². The summed E-state index contributed by atoms with van der Waals surface area (Å²) >= 11 is 0. The quantitative estimate of drug-likeness (QED) is 0.769. The van der Waals surface area contributed by atoms with Crippen LogP contribution in [0.5, 0.6) is 5.88 Å². The minimum atomic E-state index is -0.438. The Morgan fingerprint density at radius 1 is 1.33 bits per heavy atom. The van der Waals surface area contributed by atoms with Crippen LogP contribution in [0.2, 0.25) is 0 Å². The second-order valence-electron chi connectivity index (χ2n) is 7.37. The van der Waals surface area contributed by atoms with E-state index in [2.05, 4.69) is 9.97 Å². The number of carbonyl (C=O) groups is 1. The number of carbonyl (C=O) groups excluding carboxylic acids is 1. The summed E-state index contributed by atoms with van der Waals surface area (Å²) < 4.78 is 11.2. The largest absolute Gasteiger partial charge is 0.476 e. The zero-order chi connectivity index (χ0) is 17.6. The fraction of sp³-hybridized carbons (Fsp3) is 0.722. The molecule has 0 aromatic carbocycles. The van der Waals surface area contributed by atoms with E-state index < -0.39 is 5.60 Å². The molecule has 1 aromatic rings. The number of hydrogen-bond donors (Lipinski definition) is 0. The van der Waals surface area contributed by atoms with Crippen LogP contribution in [0.1, 0.15) is 52.1 Å². The van der Waals surface area contributed by atoms with Gasteiger partial charge in [0.2, 0.25) is 5.88 Å². The van der Waals surface area contributed by atoms with Crippen LogP contribution in [-0.4, -0.2) is 46.3 Å². The van der Waals surface area contributed by atoms with Gasteiger partial charge in [0.25, 0.3) is 0 Å². The molecule has 1 amide bonds. The van der Waals surface area contributed by atoms with E-state index in [1.807, 2.05) is 32.6 Å². The molecule has 1 saturated heterocycles. The molecule has 1 aliphatic heterocycles. The molecule has 6 nitrogen and oxygen atoms in total. The highest BCUT2D eigenvalue weighted by molar-refractivity contribution is 5.68. The molecule has 0 N–H and O–H groups in total. The molecular weight excluding hydrogens is 306 g/mol. The average Bonchev–Trinajstić information content (AvgIpc) is 2.52. The van der Waals surface area contributed by atoms with Crippen molar-refractivity contribution in [2.45, 2.75) is 59.0 Å². The van der Waals surface area contributed by atoms with Crippen LogP contribution < -0.4 is 4.74 Å². The van der Waals surface area contributed by atoms with Crippen LogP contribution in [0.4, 0.5) is 4.79 Å². The van der Waals surface area contributed by atoms with Gasteiger partial charge in [-0.1, -0.05) is 0 Å². The molecule has 1 unspecified atom stereocenters. The standard InChI is InChI=1S/C18H29N3O3/c1-14-16(20-10-9-19-14)23-12-6-8-15-7-5-11-21(13-15)17(22)24-18(2,3)4/h9-10,15H,5-8,11-13H2,1-4H3. The normalized spacial score (nSPS) is 18.3. The maximum atomic E-state index is 12.2. The Labute approximate surface area is 144 Å². The molecule has 2 heterocycles. The van der Waals surface area contributed by atoms with Gasteiger partial charge in [-0.25, -0.2) is 9.78 Å². The Morgan fingerprint density at radius 2 is 2.08 bits per heavy atom. The van der Waals surface area contributed by atoms with Gasteiger partial charge in [-0.15, -0.1) is 0 Å².